The van der Waals surface area contributed by atoms with E-state index in [1.54, 1.807) is 17.8 Å². The fourth-order valence-electron chi connectivity index (χ4n) is 3.54. The molecule has 29 heavy (non-hydrogen) atoms. The number of nitrogens with zero attached hydrogens (tertiary/aromatic N) is 4. The van der Waals surface area contributed by atoms with Gasteiger partial charge in [-0.05, 0) is 38.4 Å². The van der Waals surface area contributed by atoms with Crippen molar-refractivity contribution in [3.8, 4) is 23.1 Å². The third-order valence-electron chi connectivity index (χ3n) is 4.67. The van der Waals surface area contributed by atoms with Crippen LogP contribution < -0.4 is 9.47 Å². The van der Waals surface area contributed by atoms with E-state index in [4.69, 9.17) is 13.9 Å². The lowest BCUT2D eigenvalue weighted by atomic mass is 9.94. The maximum Gasteiger partial charge on any atom is 0.231 e. The molecule has 1 aromatic carbocycles. The van der Waals surface area contributed by atoms with Crippen molar-refractivity contribution in [2.45, 2.75) is 13.8 Å². The molecule has 4 rings (SSSR count). The van der Waals surface area contributed by atoms with Crippen molar-refractivity contribution in [1.82, 2.24) is 19.5 Å². The van der Waals surface area contributed by atoms with Crippen molar-refractivity contribution in [3.63, 3.8) is 0 Å². The van der Waals surface area contributed by atoms with Crippen molar-refractivity contribution >= 4 is 16.6 Å². The highest BCUT2D eigenvalue weighted by molar-refractivity contribution is 5.83. The second-order valence-corrected chi connectivity index (χ2v) is 8.29. The van der Waals surface area contributed by atoms with Gasteiger partial charge in [0.15, 0.2) is 11.4 Å². The van der Waals surface area contributed by atoms with Crippen molar-refractivity contribution in [1.29, 1.82) is 0 Å². The molecule has 0 radical (unpaired) electrons. The molecule has 0 aliphatic heterocycles. The zero-order valence-corrected chi connectivity index (χ0v) is 17.5. The topological polar surface area (TPSA) is 65.0 Å². The third kappa shape index (κ3) is 4.05. The highest BCUT2D eigenvalue weighted by Gasteiger charge is 2.21. The van der Waals surface area contributed by atoms with Gasteiger partial charge >= 0.3 is 0 Å². The summed E-state index contributed by atoms with van der Waals surface area (Å²) in [7, 11) is 5.76. The summed E-state index contributed by atoms with van der Waals surface area (Å²) < 4.78 is 19.1. The summed E-state index contributed by atoms with van der Waals surface area (Å²) in [4.78, 5) is 6.60. The van der Waals surface area contributed by atoms with Crippen LogP contribution in [0.4, 0.5) is 0 Å². The lowest BCUT2D eigenvalue weighted by molar-refractivity contribution is 0.136. The van der Waals surface area contributed by atoms with Crippen molar-refractivity contribution in [2.24, 2.45) is 5.41 Å². The Bertz CT molecular complexity index is 1140. The quantitative estimate of drug-likeness (QED) is 0.470. The minimum atomic E-state index is 0.00962. The number of hydrogen-bond acceptors (Lipinski definition) is 6. The maximum absolute atomic E-state index is 6.03. The predicted molar refractivity (Wildman–Crippen MR) is 113 cm³/mol. The monoisotopic (exact) mass is 394 g/mol. The first-order valence-electron chi connectivity index (χ1n) is 9.55. The average molecular weight is 394 g/mol. The van der Waals surface area contributed by atoms with Crippen LogP contribution >= 0.6 is 0 Å². The Labute approximate surface area is 169 Å². The second kappa shape index (κ2) is 7.40. The first-order valence-corrected chi connectivity index (χ1v) is 9.55. The molecule has 0 saturated heterocycles. The van der Waals surface area contributed by atoms with Gasteiger partial charge in [-0.1, -0.05) is 13.8 Å². The van der Waals surface area contributed by atoms with Gasteiger partial charge in [-0.25, -0.2) is 9.50 Å². The zero-order valence-electron chi connectivity index (χ0n) is 17.5. The SMILES string of the molecule is COc1ccc2cc(-c3cnc4ccc(OCC(C)(C)CN(C)C)nn34)oc2c1. The number of imidazole rings is 1. The Morgan fingerprint density at radius 3 is 2.72 bits per heavy atom. The summed E-state index contributed by atoms with van der Waals surface area (Å²) in [6, 6.07) is 11.5. The fraction of sp³-hybridized carbons (Fsp3) is 0.364. The van der Waals surface area contributed by atoms with Crippen LogP contribution in [0.25, 0.3) is 28.1 Å². The molecule has 0 N–H and O–H groups in total. The van der Waals surface area contributed by atoms with Gasteiger partial charge in [0.25, 0.3) is 0 Å². The van der Waals surface area contributed by atoms with Gasteiger partial charge in [-0.15, -0.1) is 5.10 Å². The Hall–Kier alpha value is -3.06. The number of rotatable bonds is 7. The van der Waals surface area contributed by atoms with Gasteiger partial charge in [0.2, 0.25) is 5.88 Å². The molecule has 0 atom stereocenters. The molecule has 152 valence electrons. The van der Waals surface area contributed by atoms with Crippen LogP contribution in [0.2, 0.25) is 0 Å². The standard InChI is InChI=1S/C22H26N4O3/c1-22(2,13-25(3)4)14-28-21-9-8-20-23-12-17(26(20)24-21)19-10-15-6-7-16(27-5)11-18(15)29-19/h6-12H,13-14H2,1-5H3. The van der Waals surface area contributed by atoms with Crippen LogP contribution in [0, 0.1) is 5.41 Å². The molecule has 7 nitrogen and oxygen atoms in total. The Kier molecular flexibility index (Phi) is 4.92. The number of furan rings is 1. The molecule has 0 aliphatic carbocycles. The van der Waals surface area contributed by atoms with Crippen LogP contribution in [0.15, 0.2) is 47.0 Å². The summed E-state index contributed by atoms with van der Waals surface area (Å²) in [6.07, 6.45) is 1.76. The molecule has 3 aromatic heterocycles. The molecule has 0 fully saturated rings. The smallest absolute Gasteiger partial charge is 0.231 e. The summed E-state index contributed by atoms with van der Waals surface area (Å²) in [6.45, 7) is 5.85. The van der Waals surface area contributed by atoms with E-state index < -0.39 is 0 Å². The van der Waals surface area contributed by atoms with E-state index in [2.05, 4.69) is 42.9 Å². The fourth-order valence-corrected chi connectivity index (χ4v) is 3.54. The number of methoxy groups -OCH3 is 1. The molecule has 0 spiro atoms. The Balaban J connectivity index is 1.63. The van der Waals surface area contributed by atoms with Gasteiger partial charge in [0, 0.05) is 29.5 Å². The Morgan fingerprint density at radius 2 is 1.97 bits per heavy atom. The van der Waals surface area contributed by atoms with E-state index in [0.717, 1.165) is 34.6 Å². The molecule has 3 heterocycles. The van der Waals surface area contributed by atoms with Crippen LogP contribution in [0.5, 0.6) is 11.6 Å². The van der Waals surface area contributed by atoms with Crippen LogP contribution in [-0.4, -0.2) is 53.9 Å². The molecular weight excluding hydrogens is 368 g/mol. The number of aromatic nitrogens is 3. The van der Waals surface area contributed by atoms with Crippen molar-refractivity contribution in [3.05, 3.63) is 42.6 Å². The molecule has 0 saturated carbocycles. The molecule has 0 aliphatic rings. The predicted octanol–water partition coefficient (Wildman–Crippen LogP) is 4.12. The van der Waals surface area contributed by atoms with E-state index in [9.17, 15) is 0 Å². The van der Waals surface area contributed by atoms with Gasteiger partial charge in [-0.2, -0.15) is 0 Å². The summed E-state index contributed by atoms with van der Waals surface area (Å²) in [5.41, 5.74) is 2.27. The molecule has 7 heteroatoms. The van der Waals surface area contributed by atoms with Gasteiger partial charge in [0.05, 0.1) is 19.9 Å². The molecule has 0 amide bonds. The molecule has 0 unspecified atom stereocenters. The zero-order chi connectivity index (χ0) is 20.6. The van der Waals surface area contributed by atoms with Gasteiger partial charge < -0.3 is 18.8 Å². The van der Waals surface area contributed by atoms with Gasteiger partial charge in [0.1, 0.15) is 17.0 Å². The molecular formula is C22H26N4O3. The molecule has 4 aromatic rings. The van der Waals surface area contributed by atoms with E-state index in [1.807, 2.05) is 36.4 Å². The summed E-state index contributed by atoms with van der Waals surface area (Å²) in [5.74, 6) is 2.00. The lowest BCUT2D eigenvalue weighted by Crippen LogP contribution is -2.33. The number of fused-ring (bicyclic) bond motifs is 2. The normalized spacial score (nSPS) is 12.2. The minimum Gasteiger partial charge on any atom is -0.497 e. The summed E-state index contributed by atoms with van der Waals surface area (Å²) >= 11 is 0. The largest absolute Gasteiger partial charge is 0.497 e. The van der Waals surface area contributed by atoms with Crippen LogP contribution in [0.1, 0.15) is 13.8 Å². The van der Waals surface area contributed by atoms with E-state index in [-0.39, 0.29) is 5.41 Å². The number of hydrogen-bond donors (Lipinski definition) is 0. The van der Waals surface area contributed by atoms with Crippen molar-refractivity contribution in [2.75, 3.05) is 34.4 Å². The van der Waals surface area contributed by atoms with E-state index in [1.165, 1.54) is 0 Å². The van der Waals surface area contributed by atoms with E-state index in [0.29, 0.717) is 18.2 Å². The maximum atomic E-state index is 6.03. The van der Waals surface area contributed by atoms with Crippen LogP contribution in [0.3, 0.4) is 0 Å². The number of ether oxygens (including phenoxy) is 2. The molecule has 0 bridgehead atoms. The van der Waals surface area contributed by atoms with E-state index >= 15 is 0 Å². The third-order valence-corrected chi connectivity index (χ3v) is 4.67. The van der Waals surface area contributed by atoms with Gasteiger partial charge in [-0.3, -0.25) is 0 Å². The highest BCUT2D eigenvalue weighted by Crippen LogP contribution is 2.30. The number of benzene rings is 1. The second-order valence-electron chi connectivity index (χ2n) is 8.29. The lowest BCUT2D eigenvalue weighted by Gasteiger charge is -2.27. The first-order chi connectivity index (χ1) is 13.8. The summed E-state index contributed by atoms with van der Waals surface area (Å²) in [5, 5.41) is 5.63. The minimum absolute atomic E-state index is 0.00962. The highest BCUT2D eigenvalue weighted by atomic mass is 16.5. The first kappa shape index (κ1) is 19.3. The van der Waals surface area contributed by atoms with Crippen molar-refractivity contribution < 1.29 is 13.9 Å². The average Bonchev–Trinajstić information content (AvgIpc) is 3.27. The van der Waals surface area contributed by atoms with Crippen LogP contribution in [-0.2, 0) is 0 Å². The Morgan fingerprint density at radius 1 is 1.14 bits per heavy atom.